The van der Waals surface area contributed by atoms with Crippen LogP contribution in [0.5, 0.6) is 5.75 Å². The van der Waals surface area contributed by atoms with Crippen LogP contribution in [0.15, 0.2) is 24.3 Å². The summed E-state index contributed by atoms with van der Waals surface area (Å²) in [6.45, 7) is 1.82. The number of alkyl halides is 3. The maximum atomic E-state index is 12.6. The third-order valence-electron chi connectivity index (χ3n) is 3.99. The van der Waals surface area contributed by atoms with Crippen LogP contribution in [0.25, 0.3) is 0 Å². The molecule has 0 aliphatic heterocycles. The van der Waals surface area contributed by atoms with Gasteiger partial charge in [0.25, 0.3) is 5.91 Å². The molecule has 122 valence electrons. The molecule has 0 unspecified atom stereocenters. The first-order chi connectivity index (χ1) is 10.4. The Morgan fingerprint density at radius 2 is 2.05 bits per heavy atom. The summed E-state index contributed by atoms with van der Waals surface area (Å²) in [5, 5.41) is 2.90. The van der Waals surface area contributed by atoms with Gasteiger partial charge in [-0.15, -0.1) is 0 Å². The first kappa shape index (κ1) is 16.6. The van der Waals surface area contributed by atoms with Crippen LogP contribution in [0.2, 0.25) is 0 Å². The molecule has 6 heteroatoms. The summed E-state index contributed by atoms with van der Waals surface area (Å²) in [7, 11) is 0. The minimum absolute atomic E-state index is 0.0432. The van der Waals surface area contributed by atoms with E-state index >= 15 is 0 Å². The van der Waals surface area contributed by atoms with Gasteiger partial charge < -0.3 is 10.1 Å². The van der Waals surface area contributed by atoms with Crippen molar-refractivity contribution in [3.63, 3.8) is 0 Å². The highest BCUT2D eigenvalue weighted by Crippen LogP contribution is 2.31. The van der Waals surface area contributed by atoms with Crippen LogP contribution in [-0.2, 0) is 11.0 Å². The number of halogens is 3. The molecular weight excluding hydrogens is 295 g/mol. The number of ether oxygens (including phenoxy) is 1. The lowest BCUT2D eigenvalue weighted by Crippen LogP contribution is -2.43. The molecule has 0 spiro atoms. The molecule has 1 aromatic carbocycles. The van der Waals surface area contributed by atoms with E-state index in [0.717, 1.165) is 31.4 Å². The van der Waals surface area contributed by atoms with E-state index in [2.05, 4.69) is 12.2 Å². The fourth-order valence-corrected chi connectivity index (χ4v) is 2.69. The van der Waals surface area contributed by atoms with Crippen molar-refractivity contribution in [1.29, 1.82) is 0 Å². The van der Waals surface area contributed by atoms with Crippen molar-refractivity contribution in [2.24, 2.45) is 5.92 Å². The fraction of sp³-hybridized carbons (Fsp3) is 0.562. The van der Waals surface area contributed by atoms with Crippen LogP contribution in [0.4, 0.5) is 13.2 Å². The van der Waals surface area contributed by atoms with Gasteiger partial charge in [0.2, 0.25) is 0 Å². The molecule has 0 heterocycles. The van der Waals surface area contributed by atoms with Gasteiger partial charge in [-0.05, 0) is 37.0 Å². The van der Waals surface area contributed by atoms with Gasteiger partial charge in [-0.25, -0.2) is 0 Å². The van der Waals surface area contributed by atoms with E-state index in [1.165, 1.54) is 18.6 Å². The quantitative estimate of drug-likeness (QED) is 0.918. The number of amides is 1. The number of benzene rings is 1. The lowest BCUT2D eigenvalue weighted by Gasteiger charge is -2.29. The molecule has 22 heavy (non-hydrogen) atoms. The Hall–Kier alpha value is -1.72. The first-order valence-corrected chi connectivity index (χ1v) is 7.45. The molecule has 0 aromatic heterocycles. The summed E-state index contributed by atoms with van der Waals surface area (Å²) < 4.78 is 42.9. The second-order valence-electron chi connectivity index (χ2n) is 5.75. The first-order valence-electron chi connectivity index (χ1n) is 7.45. The zero-order valence-electron chi connectivity index (χ0n) is 12.5. The highest BCUT2D eigenvalue weighted by atomic mass is 19.4. The Kier molecular flexibility index (Phi) is 5.32. The smallest absolute Gasteiger partial charge is 0.416 e. The molecule has 3 nitrogen and oxygen atoms in total. The average molecular weight is 315 g/mol. The SMILES string of the molecule is C[C@@H]1CCCC[C@H]1NC(=O)COc1cccc(C(F)(F)F)c1. The van der Waals surface area contributed by atoms with Crippen LogP contribution < -0.4 is 10.1 Å². The summed E-state index contributed by atoms with van der Waals surface area (Å²) in [5.74, 6) is 0.170. The van der Waals surface area contributed by atoms with Crippen molar-refractivity contribution in [2.75, 3.05) is 6.61 Å². The Morgan fingerprint density at radius 3 is 2.73 bits per heavy atom. The Labute approximate surface area is 127 Å². The molecule has 0 saturated heterocycles. The predicted octanol–water partition coefficient (Wildman–Crippen LogP) is 3.78. The molecule has 0 bridgehead atoms. The molecule has 2 rings (SSSR count). The number of carbonyl (C=O) groups excluding carboxylic acids is 1. The Balaban J connectivity index is 1.86. The van der Waals surface area contributed by atoms with Gasteiger partial charge in [-0.3, -0.25) is 4.79 Å². The van der Waals surface area contributed by atoms with Gasteiger partial charge in [-0.1, -0.05) is 25.8 Å². The molecule has 1 amide bonds. The number of rotatable bonds is 4. The van der Waals surface area contributed by atoms with Crippen LogP contribution >= 0.6 is 0 Å². The largest absolute Gasteiger partial charge is 0.484 e. The molecular formula is C16H20F3NO2. The minimum atomic E-state index is -4.42. The summed E-state index contributed by atoms with van der Waals surface area (Å²) in [4.78, 5) is 11.9. The van der Waals surface area contributed by atoms with Crippen LogP contribution in [0.3, 0.4) is 0 Å². The molecule has 1 aliphatic carbocycles. The summed E-state index contributed by atoms with van der Waals surface area (Å²) >= 11 is 0. The van der Waals surface area contributed by atoms with Gasteiger partial charge in [0.15, 0.2) is 6.61 Å². The topological polar surface area (TPSA) is 38.3 Å². The van der Waals surface area contributed by atoms with E-state index in [4.69, 9.17) is 4.74 Å². The van der Waals surface area contributed by atoms with E-state index in [1.807, 2.05) is 0 Å². The lowest BCUT2D eigenvalue weighted by atomic mass is 9.86. The Morgan fingerprint density at radius 1 is 1.32 bits per heavy atom. The molecule has 1 aliphatic rings. The maximum absolute atomic E-state index is 12.6. The summed E-state index contributed by atoms with van der Waals surface area (Å²) in [6.07, 6.45) is -0.132. The highest BCUT2D eigenvalue weighted by molar-refractivity contribution is 5.77. The normalized spacial score (nSPS) is 22.2. The van der Waals surface area contributed by atoms with Crippen LogP contribution in [0, 0.1) is 5.92 Å². The number of hydrogen-bond donors (Lipinski definition) is 1. The van der Waals surface area contributed by atoms with Crippen LogP contribution in [-0.4, -0.2) is 18.6 Å². The third-order valence-corrected chi connectivity index (χ3v) is 3.99. The number of carbonyl (C=O) groups is 1. The fourth-order valence-electron chi connectivity index (χ4n) is 2.69. The molecule has 1 aromatic rings. The van der Waals surface area contributed by atoms with E-state index < -0.39 is 11.7 Å². The van der Waals surface area contributed by atoms with Crippen molar-refractivity contribution in [3.8, 4) is 5.75 Å². The van der Waals surface area contributed by atoms with Gasteiger partial charge in [0.05, 0.1) is 5.56 Å². The maximum Gasteiger partial charge on any atom is 0.416 e. The van der Waals surface area contributed by atoms with Gasteiger partial charge in [0, 0.05) is 6.04 Å². The number of nitrogens with one attached hydrogen (secondary N) is 1. The molecule has 0 radical (unpaired) electrons. The van der Waals surface area contributed by atoms with Crippen molar-refractivity contribution in [1.82, 2.24) is 5.32 Å². The standard InChI is InChI=1S/C16H20F3NO2/c1-11-5-2-3-8-14(11)20-15(21)10-22-13-7-4-6-12(9-13)16(17,18)19/h4,6-7,9,11,14H,2-3,5,8,10H2,1H3,(H,20,21)/t11-,14-/m1/s1. The third kappa shape index (κ3) is 4.64. The molecule has 1 N–H and O–H groups in total. The lowest BCUT2D eigenvalue weighted by molar-refractivity contribution is -0.137. The van der Waals surface area contributed by atoms with Gasteiger partial charge in [-0.2, -0.15) is 13.2 Å². The van der Waals surface area contributed by atoms with E-state index in [9.17, 15) is 18.0 Å². The van der Waals surface area contributed by atoms with Crippen molar-refractivity contribution >= 4 is 5.91 Å². The minimum Gasteiger partial charge on any atom is -0.484 e. The van der Waals surface area contributed by atoms with Crippen molar-refractivity contribution in [2.45, 2.75) is 44.8 Å². The van der Waals surface area contributed by atoms with Gasteiger partial charge >= 0.3 is 6.18 Å². The second kappa shape index (κ2) is 7.03. The zero-order chi connectivity index (χ0) is 16.2. The average Bonchev–Trinajstić information content (AvgIpc) is 2.47. The molecule has 2 atom stereocenters. The monoisotopic (exact) mass is 315 g/mol. The Bertz CT molecular complexity index is 516. The van der Waals surface area contributed by atoms with E-state index in [0.29, 0.717) is 5.92 Å². The van der Waals surface area contributed by atoms with E-state index in [1.54, 1.807) is 0 Å². The van der Waals surface area contributed by atoms with E-state index in [-0.39, 0.29) is 24.3 Å². The summed E-state index contributed by atoms with van der Waals surface area (Å²) in [6, 6.07) is 4.67. The van der Waals surface area contributed by atoms with Crippen molar-refractivity contribution < 1.29 is 22.7 Å². The molecule has 1 saturated carbocycles. The summed E-state index contributed by atoms with van der Waals surface area (Å²) in [5.41, 5.74) is -0.786. The second-order valence-corrected chi connectivity index (χ2v) is 5.75. The van der Waals surface area contributed by atoms with Crippen molar-refractivity contribution in [3.05, 3.63) is 29.8 Å². The number of hydrogen-bond acceptors (Lipinski definition) is 2. The van der Waals surface area contributed by atoms with Gasteiger partial charge in [0.1, 0.15) is 5.75 Å². The predicted molar refractivity (Wildman–Crippen MR) is 76.5 cm³/mol. The van der Waals surface area contributed by atoms with Crippen LogP contribution in [0.1, 0.15) is 38.2 Å². The zero-order valence-corrected chi connectivity index (χ0v) is 12.5. The highest BCUT2D eigenvalue weighted by Gasteiger charge is 2.30. The molecule has 1 fully saturated rings.